The van der Waals surface area contributed by atoms with E-state index in [2.05, 4.69) is 5.32 Å². The average Bonchev–Trinajstić information content (AvgIpc) is 2.17. The van der Waals surface area contributed by atoms with Crippen LogP contribution in [0.1, 0.15) is 13.8 Å². The molecule has 6 nitrogen and oxygen atoms in total. The van der Waals surface area contributed by atoms with Crippen molar-refractivity contribution in [3.63, 3.8) is 0 Å². The molecule has 2 N–H and O–H groups in total. The third-order valence-electron chi connectivity index (χ3n) is 2.49. The number of carboxylic acids is 1. The van der Waals surface area contributed by atoms with Crippen molar-refractivity contribution in [1.82, 2.24) is 10.2 Å². The Labute approximate surface area is 95.6 Å². The molecule has 94 valence electrons. The molecule has 0 heterocycles. The van der Waals surface area contributed by atoms with Crippen LogP contribution in [0.5, 0.6) is 0 Å². The highest BCUT2D eigenvalue weighted by Crippen LogP contribution is 2.11. The molecule has 0 fully saturated rings. The standard InChI is InChI=1S/C10H20N2O4/c1-10(2,9(14)15)12(3)7-8(13)11-5-6-16-4/h5-7H2,1-4H3,(H,11,13)(H,14,15). The Morgan fingerprint density at radius 1 is 1.44 bits per heavy atom. The van der Waals surface area contributed by atoms with Crippen molar-refractivity contribution in [3.8, 4) is 0 Å². The number of nitrogens with zero attached hydrogens (tertiary/aromatic N) is 1. The van der Waals surface area contributed by atoms with Crippen LogP contribution in [-0.2, 0) is 14.3 Å². The van der Waals surface area contributed by atoms with Crippen molar-refractivity contribution in [3.05, 3.63) is 0 Å². The number of likely N-dealkylation sites (N-methyl/N-ethyl adjacent to an activating group) is 1. The van der Waals surface area contributed by atoms with Crippen molar-refractivity contribution in [2.45, 2.75) is 19.4 Å². The SMILES string of the molecule is COCCNC(=O)CN(C)C(C)(C)C(=O)O. The summed E-state index contributed by atoms with van der Waals surface area (Å²) in [5, 5.41) is 11.6. The first-order valence-electron chi connectivity index (χ1n) is 5.02. The van der Waals surface area contributed by atoms with Gasteiger partial charge in [0.2, 0.25) is 5.91 Å². The van der Waals surface area contributed by atoms with Gasteiger partial charge in [0.25, 0.3) is 0 Å². The summed E-state index contributed by atoms with van der Waals surface area (Å²) in [5.41, 5.74) is -1.06. The normalized spacial score (nSPS) is 11.6. The quantitative estimate of drug-likeness (QED) is 0.581. The molecule has 0 aliphatic rings. The fourth-order valence-electron chi connectivity index (χ4n) is 0.925. The van der Waals surface area contributed by atoms with Crippen LogP contribution in [0, 0.1) is 0 Å². The molecular weight excluding hydrogens is 212 g/mol. The van der Waals surface area contributed by atoms with Gasteiger partial charge in [-0.1, -0.05) is 0 Å². The number of carbonyl (C=O) groups is 2. The highest BCUT2D eigenvalue weighted by Gasteiger charge is 2.32. The molecule has 0 radical (unpaired) electrons. The van der Waals surface area contributed by atoms with Gasteiger partial charge in [0, 0.05) is 13.7 Å². The number of amides is 1. The van der Waals surface area contributed by atoms with Crippen molar-refractivity contribution in [2.75, 3.05) is 33.9 Å². The number of nitrogens with one attached hydrogen (secondary N) is 1. The zero-order valence-corrected chi connectivity index (χ0v) is 10.2. The second kappa shape index (κ2) is 6.44. The van der Waals surface area contributed by atoms with Gasteiger partial charge in [0.15, 0.2) is 0 Å². The molecule has 0 saturated carbocycles. The molecule has 0 aliphatic carbocycles. The van der Waals surface area contributed by atoms with E-state index in [1.807, 2.05) is 0 Å². The highest BCUT2D eigenvalue weighted by molar-refractivity contribution is 5.81. The highest BCUT2D eigenvalue weighted by atomic mass is 16.5. The van der Waals surface area contributed by atoms with E-state index in [1.54, 1.807) is 28.0 Å². The van der Waals surface area contributed by atoms with Crippen molar-refractivity contribution in [2.24, 2.45) is 0 Å². The molecular formula is C10H20N2O4. The van der Waals surface area contributed by atoms with Gasteiger partial charge in [-0.05, 0) is 20.9 Å². The minimum atomic E-state index is -1.06. The lowest BCUT2D eigenvalue weighted by atomic mass is 10.0. The van der Waals surface area contributed by atoms with Crippen molar-refractivity contribution >= 4 is 11.9 Å². The molecule has 0 aliphatic heterocycles. The van der Waals surface area contributed by atoms with E-state index < -0.39 is 11.5 Å². The minimum absolute atomic E-state index is 0.0447. The Kier molecular flexibility index (Phi) is 5.98. The zero-order valence-electron chi connectivity index (χ0n) is 10.2. The van der Waals surface area contributed by atoms with Crippen LogP contribution < -0.4 is 5.32 Å². The van der Waals surface area contributed by atoms with Gasteiger partial charge in [-0.2, -0.15) is 0 Å². The zero-order chi connectivity index (χ0) is 12.8. The third kappa shape index (κ3) is 4.59. The molecule has 1 amide bonds. The molecule has 16 heavy (non-hydrogen) atoms. The molecule has 0 aromatic carbocycles. The number of rotatable bonds is 7. The number of hydrogen-bond donors (Lipinski definition) is 2. The van der Waals surface area contributed by atoms with E-state index in [9.17, 15) is 9.59 Å². The van der Waals surface area contributed by atoms with Crippen LogP contribution in [0.4, 0.5) is 0 Å². The summed E-state index contributed by atoms with van der Waals surface area (Å²) in [5.74, 6) is -1.17. The molecule has 0 aromatic rings. The summed E-state index contributed by atoms with van der Waals surface area (Å²) in [6, 6.07) is 0. The maximum absolute atomic E-state index is 11.4. The number of methoxy groups -OCH3 is 1. The Morgan fingerprint density at radius 3 is 2.44 bits per heavy atom. The summed E-state index contributed by atoms with van der Waals surface area (Å²) in [7, 11) is 3.15. The molecule has 6 heteroatoms. The smallest absolute Gasteiger partial charge is 0.323 e. The lowest BCUT2D eigenvalue weighted by Gasteiger charge is -2.30. The first kappa shape index (κ1) is 14.9. The summed E-state index contributed by atoms with van der Waals surface area (Å²) >= 11 is 0. The molecule has 0 spiro atoms. The summed E-state index contributed by atoms with van der Waals surface area (Å²) in [4.78, 5) is 23.8. The molecule has 0 aromatic heterocycles. The monoisotopic (exact) mass is 232 g/mol. The maximum Gasteiger partial charge on any atom is 0.323 e. The van der Waals surface area contributed by atoms with Gasteiger partial charge in [-0.3, -0.25) is 14.5 Å². The Morgan fingerprint density at radius 2 is 2.00 bits per heavy atom. The predicted octanol–water partition coefficient (Wildman–Crippen LogP) is -0.456. The second-order valence-electron chi connectivity index (χ2n) is 4.06. The first-order chi connectivity index (χ1) is 7.32. The average molecular weight is 232 g/mol. The van der Waals surface area contributed by atoms with E-state index in [-0.39, 0.29) is 12.5 Å². The van der Waals surface area contributed by atoms with Crippen LogP contribution >= 0.6 is 0 Å². The van der Waals surface area contributed by atoms with Gasteiger partial charge in [-0.15, -0.1) is 0 Å². The third-order valence-corrected chi connectivity index (χ3v) is 2.49. The molecule has 0 rings (SSSR count). The predicted molar refractivity (Wildman–Crippen MR) is 59.2 cm³/mol. The topological polar surface area (TPSA) is 78.9 Å². The molecule has 0 atom stereocenters. The van der Waals surface area contributed by atoms with E-state index in [1.165, 1.54) is 4.90 Å². The Hall–Kier alpha value is -1.14. The van der Waals surface area contributed by atoms with Gasteiger partial charge < -0.3 is 15.2 Å². The van der Waals surface area contributed by atoms with Crippen molar-refractivity contribution < 1.29 is 19.4 Å². The van der Waals surface area contributed by atoms with Gasteiger partial charge in [0.1, 0.15) is 5.54 Å². The van der Waals surface area contributed by atoms with E-state index in [4.69, 9.17) is 9.84 Å². The summed E-state index contributed by atoms with van der Waals surface area (Å²) in [6.07, 6.45) is 0. The van der Waals surface area contributed by atoms with Crippen LogP contribution in [0.15, 0.2) is 0 Å². The van der Waals surface area contributed by atoms with E-state index in [0.29, 0.717) is 13.2 Å². The maximum atomic E-state index is 11.4. The summed E-state index contributed by atoms with van der Waals surface area (Å²) in [6.45, 7) is 4.02. The molecule has 0 bridgehead atoms. The Balaban J connectivity index is 4.09. The molecule has 0 saturated heterocycles. The van der Waals surface area contributed by atoms with Gasteiger partial charge in [0.05, 0.1) is 13.2 Å². The lowest BCUT2D eigenvalue weighted by molar-refractivity contribution is -0.149. The molecule has 0 unspecified atom stereocenters. The number of hydrogen-bond acceptors (Lipinski definition) is 4. The summed E-state index contributed by atoms with van der Waals surface area (Å²) < 4.78 is 4.78. The van der Waals surface area contributed by atoms with Crippen LogP contribution in [0.2, 0.25) is 0 Å². The van der Waals surface area contributed by atoms with E-state index in [0.717, 1.165) is 0 Å². The first-order valence-corrected chi connectivity index (χ1v) is 5.02. The number of carbonyl (C=O) groups excluding carboxylic acids is 1. The largest absolute Gasteiger partial charge is 0.480 e. The Bertz CT molecular complexity index is 253. The lowest BCUT2D eigenvalue weighted by Crippen LogP contribution is -2.51. The number of carboxylic acid groups (broad SMARTS) is 1. The fourth-order valence-corrected chi connectivity index (χ4v) is 0.925. The number of ether oxygens (including phenoxy) is 1. The van der Waals surface area contributed by atoms with Crippen LogP contribution in [0.3, 0.4) is 0 Å². The van der Waals surface area contributed by atoms with Crippen LogP contribution in [-0.4, -0.2) is 61.3 Å². The van der Waals surface area contributed by atoms with E-state index >= 15 is 0 Å². The van der Waals surface area contributed by atoms with Gasteiger partial charge in [-0.25, -0.2) is 0 Å². The van der Waals surface area contributed by atoms with Crippen LogP contribution in [0.25, 0.3) is 0 Å². The minimum Gasteiger partial charge on any atom is -0.480 e. The fraction of sp³-hybridized carbons (Fsp3) is 0.800. The van der Waals surface area contributed by atoms with Crippen molar-refractivity contribution in [1.29, 1.82) is 0 Å². The second-order valence-corrected chi connectivity index (χ2v) is 4.06. The number of aliphatic carboxylic acids is 1. The van der Waals surface area contributed by atoms with Gasteiger partial charge >= 0.3 is 5.97 Å².